The molecular formula is C13H22O4. The van der Waals surface area contributed by atoms with Crippen molar-refractivity contribution >= 4 is 12.3 Å². The number of aryl methyl sites for hydroxylation is 1. The molecule has 1 rings (SSSR count). The number of rotatable bonds is 0. The Kier molecular flexibility index (Phi) is 24.1. The highest BCUT2D eigenvalue weighted by molar-refractivity contribution is 5.65. The molecule has 0 spiro atoms. The molecule has 4 nitrogen and oxygen atoms in total. The first-order valence-corrected chi connectivity index (χ1v) is 4.99. The van der Waals surface area contributed by atoms with Crippen molar-refractivity contribution in [1.29, 1.82) is 0 Å². The molecule has 0 aliphatic heterocycles. The van der Waals surface area contributed by atoms with Crippen molar-refractivity contribution in [2.75, 3.05) is 14.2 Å². The number of benzene rings is 1. The summed E-state index contributed by atoms with van der Waals surface area (Å²) in [6.45, 7) is 4.89. The van der Waals surface area contributed by atoms with Crippen LogP contribution in [0, 0.1) is 6.92 Å². The Hall–Kier alpha value is -1.68. The van der Waals surface area contributed by atoms with Gasteiger partial charge in [-0.25, -0.2) is 0 Å². The summed E-state index contributed by atoms with van der Waals surface area (Å²) in [4.78, 5) is 18.4. The summed E-state index contributed by atoms with van der Waals surface area (Å²) in [5.74, 6) is -0.245. The van der Waals surface area contributed by atoms with Gasteiger partial charge < -0.3 is 14.6 Å². The van der Waals surface area contributed by atoms with Gasteiger partial charge in [-0.1, -0.05) is 35.9 Å². The van der Waals surface area contributed by atoms with Gasteiger partial charge in [-0.15, -0.1) is 0 Å². The molecular weight excluding hydrogens is 220 g/mol. The highest BCUT2D eigenvalue weighted by Crippen LogP contribution is 1.92. The van der Waals surface area contributed by atoms with Crippen LogP contribution < -0.4 is 0 Å². The van der Waals surface area contributed by atoms with E-state index in [9.17, 15) is 4.79 Å². The molecule has 0 amide bonds. The molecule has 0 atom stereocenters. The van der Waals surface area contributed by atoms with Crippen LogP contribution in [0.2, 0.25) is 0 Å². The van der Waals surface area contributed by atoms with Crippen LogP contribution in [0.4, 0.5) is 0 Å². The average Bonchev–Trinajstić information content (AvgIpc) is 2.34. The fourth-order valence-corrected chi connectivity index (χ4v) is 0.534. The lowest BCUT2D eigenvalue weighted by molar-refractivity contribution is -0.137. The van der Waals surface area contributed by atoms with Crippen LogP contribution in [-0.2, 0) is 14.3 Å². The zero-order valence-corrected chi connectivity index (χ0v) is 11.1. The normalized spacial score (nSPS) is 6.71. The maximum atomic E-state index is 9.59. The second-order valence-electron chi connectivity index (χ2n) is 2.59. The highest BCUT2D eigenvalue weighted by atomic mass is 16.5. The van der Waals surface area contributed by atoms with Crippen molar-refractivity contribution < 1.29 is 19.4 Å². The lowest BCUT2D eigenvalue weighted by Gasteiger charge is -1.82. The number of aliphatic hydroxyl groups excluding tert-OH is 1. The average molecular weight is 242 g/mol. The molecule has 0 aliphatic rings. The number of hydrogen-bond donors (Lipinski definition) is 1. The van der Waals surface area contributed by atoms with Gasteiger partial charge in [0.25, 0.3) is 0 Å². The van der Waals surface area contributed by atoms with Gasteiger partial charge in [0, 0.05) is 14.0 Å². The van der Waals surface area contributed by atoms with Crippen molar-refractivity contribution in [3.05, 3.63) is 35.9 Å². The fraction of sp³-hybridized carbons (Fsp3) is 0.385. The molecule has 17 heavy (non-hydrogen) atoms. The summed E-state index contributed by atoms with van der Waals surface area (Å²) < 4.78 is 4.11. The third-order valence-corrected chi connectivity index (χ3v) is 1.23. The van der Waals surface area contributed by atoms with Gasteiger partial charge in [0.05, 0.1) is 7.11 Å². The van der Waals surface area contributed by atoms with Gasteiger partial charge in [-0.2, -0.15) is 0 Å². The minimum Gasteiger partial charge on any atom is -0.469 e. The van der Waals surface area contributed by atoms with Crippen LogP contribution in [-0.4, -0.2) is 31.6 Å². The molecule has 0 saturated heterocycles. The summed E-state index contributed by atoms with van der Waals surface area (Å²) in [5, 5.41) is 7.00. The van der Waals surface area contributed by atoms with E-state index in [-0.39, 0.29) is 5.97 Å². The first-order chi connectivity index (χ1) is 8.08. The molecule has 1 aromatic rings. The minimum absolute atomic E-state index is 0.245. The molecule has 0 radical (unpaired) electrons. The zero-order valence-electron chi connectivity index (χ0n) is 11.1. The van der Waals surface area contributed by atoms with Crippen LogP contribution in [0.1, 0.15) is 19.4 Å². The molecule has 0 unspecified atom stereocenters. The maximum Gasteiger partial charge on any atom is 0.302 e. The molecule has 4 heteroatoms. The molecule has 0 fully saturated rings. The van der Waals surface area contributed by atoms with E-state index in [1.165, 1.54) is 26.5 Å². The third kappa shape index (κ3) is 31.4. The van der Waals surface area contributed by atoms with E-state index >= 15 is 0 Å². The lowest BCUT2D eigenvalue weighted by Crippen LogP contribution is -1.88. The molecule has 98 valence electrons. The van der Waals surface area contributed by atoms with Crippen molar-refractivity contribution in [2.45, 2.75) is 20.8 Å². The van der Waals surface area contributed by atoms with Gasteiger partial charge in [-0.05, 0) is 13.8 Å². The van der Waals surface area contributed by atoms with E-state index in [1.807, 2.05) is 18.2 Å². The number of methoxy groups -OCH3 is 1. The van der Waals surface area contributed by atoms with Crippen LogP contribution in [0.3, 0.4) is 0 Å². The van der Waals surface area contributed by atoms with E-state index in [1.54, 1.807) is 0 Å². The number of carbonyl (C=O) groups excluding carboxylic acids is 2. The number of aliphatic hydroxyl groups is 1. The first kappa shape index (κ1) is 20.7. The standard InChI is InChI=1S/C7H8.C3H6O2.C2H4O.CH4O/c1-7-5-3-2-4-6-7;1-3(4)5-2;1-2-3;1-2/h2-6H,1H3;1-2H3;2H,1H3;2H,1H3. The smallest absolute Gasteiger partial charge is 0.302 e. The van der Waals surface area contributed by atoms with E-state index in [0.29, 0.717) is 0 Å². The second kappa shape index (κ2) is 19.8. The molecule has 0 aromatic heterocycles. The first-order valence-electron chi connectivity index (χ1n) is 4.99. The Morgan fingerprint density at radius 3 is 1.65 bits per heavy atom. The Morgan fingerprint density at radius 1 is 1.24 bits per heavy atom. The van der Waals surface area contributed by atoms with E-state index in [4.69, 9.17) is 9.90 Å². The maximum absolute atomic E-state index is 9.59. The predicted octanol–water partition coefficient (Wildman–Crippen LogP) is 1.99. The number of hydrogen-bond acceptors (Lipinski definition) is 4. The lowest BCUT2D eigenvalue weighted by atomic mass is 10.2. The molecule has 0 aliphatic carbocycles. The Balaban J connectivity index is -0.000000174. The second-order valence-corrected chi connectivity index (χ2v) is 2.59. The van der Waals surface area contributed by atoms with Gasteiger partial charge in [0.2, 0.25) is 0 Å². The number of ether oxygens (including phenoxy) is 1. The number of carbonyl (C=O) groups is 2. The number of aldehydes is 1. The van der Waals surface area contributed by atoms with Crippen molar-refractivity contribution in [1.82, 2.24) is 0 Å². The summed E-state index contributed by atoms with van der Waals surface area (Å²) in [5.41, 5.74) is 1.32. The van der Waals surface area contributed by atoms with Crippen molar-refractivity contribution in [3.63, 3.8) is 0 Å². The third-order valence-electron chi connectivity index (χ3n) is 1.23. The Labute approximate surface area is 103 Å². The van der Waals surface area contributed by atoms with Gasteiger partial charge in [0.1, 0.15) is 6.29 Å². The van der Waals surface area contributed by atoms with Crippen molar-refractivity contribution in [2.24, 2.45) is 0 Å². The highest BCUT2D eigenvalue weighted by Gasteiger charge is 1.75. The predicted molar refractivity (Wildman–Crippen MR) is 68.7 cm³/mol. The van der Waals surface area contributed by atoms with Gasteiger partial charge in [0.15, 0.2) is 0 Å². The Morgan fingerprint density at radius 2 is 1.53 bits per heavy atom. The molecule has 0 heterocycles. The number of esters is 1. The van der Waals surface area contributed by atoms with Crippen LogP contribution in [0.5, 0.6) is 0 Å². The van der Waals surface area contributed by atoms with E-state index in [2.05, 4.69) is 23.8 Å². The molecule has 0 saturated carbocycles. The van der Waals surface area contributed by atoms with Crippen LogP contribution >= 0.6 is 0 Å². The van der Waals surface area contributed by atoms with Crippen LogP contribution in [0.15, 0.2) is 30.3 Å². The summed E-state index contributed by atoms with van der Waals surface area (Å²) in [6.07, 6.45) is 0.750. The largest absolute Gasteiger partial charge is 0.469 e. The monoisotopic (exact) mass is 242 g/mol. The quantitative estimate of drug-likeness (QED) is 0.558. The zero-order chi connectivity index (χ0) is 14.1. The Bertz CT molecular complexity index is 257. The minimum atomic E-state index is -0.245. The topological polar surface area (TPSA) is 63.6 Å². The summed E-state index contributed by atoms with van der Waals surface area (Å²) in [6, 6.07) is 10.3. The SMILES string of the molecule is CC=O.CO.COC(C)=O.Cc1ccccc1. The van der Waals surface area contributed by atoms with Crippen molar-refractivity contribution in [3.8, 4) is 0 Å². The molecule has 0 bridgehead atoms. The van der Waals surface area contributed by atoms with E-state index < -0.39 is 0 Å². The summed E-state index contributed by atoms with van der Waals surface area (Å²) >= 11 is 0. The summed E-state index contributed by atoms with van der Waals surface area (Å²) in [7, 11) is 2.35. The molecule has 1 aromatic carbocycles. The van der Waals surface area contributed by atoms with Gasteiger partial charge >= 0.3 is 5.97 Å². The van der Waals surface area contributed by atoms with Gasteiger partial charge in [-0.3, -0.25) is 4.79 Å². The fourth-order valence-electron chi connectivity index (χ4n) is 0.534. The molecule has 1 N–H and O–H groups in total. The van der Waals surface area contributed by atoms with Crippen LogP contribution in [0.25, 0.3) is 0 Å². The van der Waals surface area contributed by atoms with E-state index in [0.717, 1.165) is 13.4 Å².